The molecule has 1 atom stereocenters. The highest BCUT2D eigenvalue weighted by Crippen LogP contribution is 2.40. The van der Waals surface area contributed by atoms with Gasteiger partial charge in [-0.05, 0) is 24.3 Å². The quantitative estimate of drug-likeness (QED) is 0.770. The summed E-state index contributed by atoms with van der Waals surface area (Å²) < 4.78 is 34.9. The molecule has 0 aromatic heterocycles. The van der Waals surface area contributed by atoms with E-state index in [0.717, 1.165) is 5.56 Å². The number of hydrazine groups is 1. The van der Waals surface area contributed by atoms with Crippen molar-refractivity contribution >= 4 is 5.69 Å². The van der Waals surface area contributed by atoms with Crippen LogP contribution in [0.25, 0.3) is 0 Å². The first-order valence-corrected chi connectivity index (χ1v) is 8.22. The molecule has 0 bridgehead atoms. The number of hydrogen-bond acceptors (Lipinski definition) is 7. The molecule has 0 saturated heterocycles. The number of benzene rings is 2. The lowest BCUT2D eigenvalue weighted by atomic mass is 10.1. The van der Waals surface area contributed by atoms with Crippen LogP contribution in [0.5, 0.6) is 23.0 Å². The molecule has 3 rings (SSSR count). The fraction of sp³-hybridized carbons (Fsp3) is 0.263. The summed E-state index contributed by atoms with van der Waals surface area (Å²) in [6.07, 6.45) is 3.40. The first kappa shape index (κ1) is 18.5. The Bertz CT molecular complexity index is 819. The summed E-state index contributed by atoms with van der Waals surface area (Å²) >= 11 is 0. The number of hydrogen-bond donors (Lipinski definition) is 2. The van der Waals surface area contributed by atoms with E-state index >= 15 is 0 Å². The van der Waals surface area contributed by atoms with Crippen LogP contribution in [0.1, 0.15) is 11.7 Å². The minimum absolute atomic E-state index is 0.167. The first-order valence-electron chi connectivity index (χ1n) is 8.22. The van der Waals surface area contributed by atoms with E-state index in [-0.39, 0.29) is 11.9 Å². The number of nitrogens with zero attached hydrogens (tertiary/aromatic N) is 1. The minimum atomic E-state index is -0.417. The summed E-state index contributed by atoms with van der Waals surface area (Å²) in [7, 11) is 6.13. The molecule has 2 aromatic rings. The van der Waals surface area contributed by atoms with Gasteiger partial charge < -0.3 is 24.3 Å². The summed E-state index contributed by atoms with van der Waals surface area (Å²) in [5.41, 5.74) is 4.78. The first-order chi connectivity index (χ1) is 13.1. The van der Waals surface area contributed by atoms with Gasteiger partial charge >= 0.3 is 0 Å². The van der Waals surface area contributed by atoms with Gasteiger partial charge in [-0.3, -0.25) is 10.4 Å². The van der Waals surface area contributed by atoms with E-state index in [4.69, 9.17) is 18.9 Å². The smallest absolute Gasteiger partial charge is 0.203 e. The van der Waals surface area contributed by atoms with E-state index in [1.54, 1.807) is 33.5 Å². The Morgan fingerprint density at radius 3 is 2.19 bits per heavy atom. The van der Waals surface area contributed by atoms with Gasteiger partial charge in [0.25, 0.3) is 0 Å². The zero-order valence-electron chi connectivity index (χ0n) is 15.6. The summed E-state index contributed by atoms with van der Waals surface area (Å²) in [6.45, 7) is 0. The largest absolute Gasteiger partial charge is 0.494 e. The Hall–Kier alpha value is -3.29. The fourth-order valence-corrected chi connectivity index (χ4v) is 2.88. The maximum absolute atomic E-state index is 13.6. The molecule has 1 aliphatic heterocycles. The predicted octanol–water partition coefficient (Wildman–Crippen LogP) is 3.26. The molecular weight excluding hydrogens is 353 g/mol. The van der Waals surface area contributed by atoms with Crippen molar-refractivity contribution in [3.05, 3.63) is 54.1 Å². The van der Waals surface area contributed by atoms with Crippen molar-refractivity contribution in [2.45, 2.75) is 6.17 Å². The van der Waals surface area contributed by atoms with Gasteiger partial charge in [0.05, 0.1) is 34.1 Å². The third-order valence-corrected chi connectivity index (χ3v) is 4.18. The lowest BCUT2D eigenvalue weighted by Crippen LogP contribution is -2.31. The van der Waals surface area contributed by atoms with Crippen molar-refractivity contribution < 1.29 is 23.3 Å². The highest BCUT2D eigenvalue weighted by atomic mass is 19.1. The van der Waals surface area contributed by atoms with E-state index in [1.165, 1.54) is 13.2 Å². The summed E-state index contributed by atoms with van der Waals surface area (Å²) in [6, 6.07) is 8.31. The van der Waals surface area contributed by atoms with Crippen LogP contribution in [0.3, 0.4) is 0 Å². The molecule has 2 aromatic carbocycles. The number of anilines is 1. The summed E-state index contributed by atoms with van der Waals surface area (Å²) in [5, 5.41) is 5.09. The van der Waals surface area contributed by atoms with Crippen LogP contribution in [0.15, 0.2) is 42.7 Å². The predicted molar refractivity (Wildman–Crippen MR) is 99.5 cm³/mol. The van der Waals surface area contributed by atoms with Gasteiger partial charge in [0.15, 0.2) is 23.1 Å². The zero-order valence-corrected chi connectivity index (χ0v) is 15.6. The maximum atomic E-state index is 13.6. The lowest BCUT2D eigenvalue weighted by molar-refractivity contribution is 0.312. The van der Waals surface area contributed by atoms with Gasteiger partial charge in [-0.25, -0.2) is 4.39 Å². The lowest BCUT2D eigenvalue weighted by Gasteiger charge is -2.28. The molecule has 0 saturated carbocycles. The van der Waals surface area contributed by atoms with Gasteiger partial charge in [0.2, 0.25) is 5.75 Å². The highest BCUT2D eigenvalue weighted by Gasteiger charge is 2.25. The van der Waals surface area contributed by atoms with Crippen LogP contribution in [0.4, 0.5) is 10.1 Å². The average molecular weight is 375 g/mol. The Labute approximate surface area is 157 Å². The molecule has 0 radical (unpaired) electrons. The maximum Gasteiger partial charge on any atom is 0.203 e. The Morgan fingerprint density at radius 1 is 0.926 bits per heavy atom. The molecule has 0 spiro atoms. The molecule has 1 heterocycles. The van der Waals surface area contributed by atoms with Crippen LogP contribution in [-0.2, 0) is 0 Å². The highest BCUT2D eigenvalue weighted by molar-refractivity contribution is 5.55. The second-order valence-electron chi connectivity index (χ2n) is 5.71. The molecule has 8 heteroatoms. The number of halogens is 1. The third-order valence-electron chi connectivity index (χ3n) is 4.18. The van der Waals surface area contributed by atoms with Gasteiger partial charge in [0, 0.05) is 24.0 Å². The van der Waals surface area contributed by atoms with Crippen LogP contribution >= 0.6 is 0 Å². The minimum Gasteiger partial charge on any atom is -0.494 e. The standard InChI is InChI=1S/C19H22FN3O4/c1-24-15-11-13(5-6-14(15)20)22-23-8-7-21-19(23)12-9-16(25-2)18(27-4)17(10-12)26-3/h5-11,19,21-22H,1-4H3. The molecule has 1 unspecified atom stereocenters. The van der Waals surface area contributed by atoms with Crippen LogP contribution < -0.4 is 29.7 Å². The molecule has 144 valence electrons. The van der Waals surface area contributed by atoms with Crippen LogP contribution in [0.2, 0.25) is 0 Å². The summed E-state index contributed by atoms with van der Waals surface area (Å²) in [4.78, 5) is 0. The Kier molecular flexibility index (Phi) is 5.44. The number of rotatable bonds is 7. The Balaban J connectivity index is 1.89. The van der Waals surface area contributed by atoms with E-state index in [1.807, 2.05) is 29.5 Å². The second-order valence-corrected chi connectivity index (χ2v) is 5.71. The molecule has 27 heavy (non-hydrogen) atoms. The van der Waals surface area contributed by atoms with Gasteiger partial charge in [0.1, 0.15) is 6.17 Å². The molecule has 2 N–H and O–H groups in total. The fourth-order valence-electron chi connectivity index (χ4n) is 2.88. The van der Waals surface area contributed by atoms with E-state index in [0.29, 0.717) is 22.9 Å². The molecule has 0 amide bonds. The number of nitrogens with one attached hydrogen (secondary N) is 2. The normalized spacial score (nSPS) is 15.3. The van der Waals surface area contributed by atoms with E-state index in [9.17, 15) is 4.39 Å². The van der Waals surface area contributed by atoms with Crippen LogP contribution in [-0.4, -0.2) is 33.4 Å². The number of ether oxygens (including phenoxy) is 4. The second kappa shape index (κ2) is 7.94. The van der Waals surface area contributed by atoms with Gasteiger partial charge in [-0.15, -0.1) is 0 Å². The van der Waals surface area contributed by atoms with Gasteiger partial charge in [-0.2, -0.15) is 0 Å². The molecular formula is C19H22FN3O4. The van der Waals surface area contributed by atoms with Crippen molar-refractivity contribution in [1.29, 1.82) is 0 Å². The zero-order chi connectivity index (χ0) is 19.4. The van der Waals surface area contributed by atoms with Crippen molar-refractivity contribution in [2.75, 3.05) is 33.9 Å². The average Bonchev–Trinajstić information content (AvgIpc) is 3.16. The van der Waals surface area contributed by atoms with Crippen molar-refractivity contribution in [1.82, 2.24) is 10.3 Å². The topological polar surface area (TPSA) is 64.2 Å². The monoisotopic (exact) mass is 375 g/mol. The van der Waals surface area contributed by atoms with Crippen LogP contribution in [0, 0.1) is 5.82 Å². The molecule has 1 aliphatic rings. The van der Waals surface area contributed by atoms with Crippen molar-refractivity contribution in [3.8, 4) is 23.0 Å². The third kappa shape index (κ3) is 3.64. The Morgan fingerprint density at radius 2 is 1.59 bits per heavy atom. The van der Waals surface area contributed by atoms with E-state index < -0.39 is 5.82 Å². The van der Waals surface area contributed by atoms with Crippen molar-refractivity contribution in [2.24, 2.45) is 0 Å². The number of methoxy groups -OCH3 is 4. The van der Waals surface area contributed by atoms with E-state index in [2.05, 4.69) is 10.7 Å². The van der Waals surface area contributed by atoms with Crippen molar-refractivity contribution in [3.63, 3.8) is 0 Å². The SMILES string of the molecule is COc1cc(NN2C=CNC2c2cc(OC)c(OC)c(OC)c2)ccc1F. The van der Waals surface area contributed by atoms with Gasteiger partial charge in [-0.1, -0.05) is 0 Å². The molecule has 0 aliphatic carbocycles. The molecule has 0 fully saturated rings. The summed E-state index contributed by atoms with van der Waals surface area (Å²) in [5.74, 6) is 1.39. The molecule has 7 nitrogen and oxygen atoms in total.